The minimum absolute atomic E-state index is 0.0594. The lowest BCUT2D eigenvalue weighted by Crippen LogP contribution is -2.66. The number of nitrogens with two attached hydrogens (primary N) is 2. The van der Waals surface area contributed by atoms with Gasteiger partial charge in [0.05, 0.1) is 53.9 Å². The molecule has 120 heavy (non-hydrogen) atoms. The molecule has 13 rings (SSSR count). The van der Waals surface area contributed by atoms with Gasteiger partial charge in [-0.3, -0.25) is 38.4 Å². The third kappa shape index (κ3) is 21.2. The number of hydrogen-bond acceptors (Lipinski definition) is 27. The summed E-state index contributed by atoms with van der Waals surface area (Å²) in [6.07, 6.45) is -13.2. The topological polar surface area (TPSA) is 569 Å². The molecule has 0 aliphatic carbocycles. The van der Waals surface area contributed by atoms with E-state index in [1.807, 2.05) is 24.3 Å². The number of carbonyl (C=O) groups excluding carboxylic acids is 8. The van der Waals surface area contributed by atoms with Crippen molar-refractivity contribution in [2.45, 2.75) is 208 Å². The molecule has 0 spiro atoms. The number of phenols is 3. The van der Waals surface area contributed by atoms with Gasteiger partial charge >= 0.3 is 5.97 Å². The van der Waals surface area contributed by atoms with Crippen LogP contribution in [0.3, 0.4) is 0 Å². The summed E-state index contributed by atoms with van der Waals surface area (Å²) in [6, 6.07) is 5.97. The van der Waals surface area contributed by atoms with E-state index in [0.29, 0.717) is 12.4 Å². The Morgan fingerprint density at radius 2 is 1.31 bits per heavy atom. The molecule has 0 aromatic heterocycles. The van der Waals surface area contributed by atoms with Crippen molar-refractivity contribution in [2.24, 2.45) is 17.4 Å². The molecule has 0 radical (unpaired) electrons. The molecule has 0 saturated carbocycles. The van der Waals surface area contributed by atoms with Gasteiger partial charge in [0.15, 0.2) is 29.9 Å². The largest absolute Gasteiger partial charge is 0.508 e. The molecule has 38 heteroatoms. The van der Waals surface area contributed by atoms with Gasteiger partial charge in [-0.1, -0.05) is 106 Å². The number of hydrogen-bond donors (Lipinski definition) is 20. The molecular formula is C82H98Cl2N10O26. The van der Waals surface area contributed by atoms with Gasteiger partial charge in [-0.25, -0.2) is 4.79 Å². The van der Waals surface area contributed by atoms with Crippen LogP contribution in [0.4, 0.5) is 0 Å². The van der Waals surface area contributed by atoms with Gasteiger partial charge in [0, 0.05) is 35.7 Å². The number of aromatic hydroxyl groups is 3. The number of halogens is 2. The van der Waals surface area contributed by atoms with Gasteiger partial charge in [0.2, 0.25) is 59.3 Å². The molecule has 6 aromatic carbocycles. The van der Waals surface area contributed by atoms with Crippen molar-refractivity contribution < 1.29 is 127 Å². The van der Waals surface area contributed by atoms with Gasteiger partial charge < -0.3 is 138 Å². The SMILES string of the molecule is CCCCCCCCOc1ccc(CNCC(=O)N[C@@]2(C)C[C@H](OC3C(Oc4c5cc6cc4Oc4ccc(cc4Cl)[C@@H](O)[C@@H](NC(=O)[C@@H](N)CC(C)C)C(=O)N[C@@H](CC(N)=O)C(=O)N[C@H]6C(=O)NC4C(=O)N[C@H](C(=O)N[C@H](C(=O)O)c6cc(O)cc(O)c6-c6cc4ccc6O)[C@H](O)c4ccc(c(Cl)c4)O5)O[C@H](CO)[C@@H](O)[C@@H]3O)O[C@@H](C)[C@H]2O)cc1. The Balaban J connectivity index is 1.04. The quantitative estimate of drug-likeness (QED) is 0.0364. The van der Waals surface area contributed by atoms with Crippen molar-refractivity contribution in [1.82, 2.24) is 42.5 Å². The van der Waals surface area contributed by atoms with Crippen molar-refractivity contribution in [1.29, 1.82) is 0 Å². The normalized spacial score (nSPS) is 26.5. The van der Waals surface area contributed by atoms with Gasteiger partial charge in [-0.2, -0.15) is 0 Å². The lowest BCUT2D eigenvalue weighted by Gasteiger charge is -2.48. The van der Waals surface area contributed by atoms with Gasteiger partial charge in [-0.05, 0) is 127 Å². The Morgan fingerprint density at radius 1 is 0.683 bits per heavy atom. The molecule has 18 atom stereocenters. The van der Waals surface area contributed by atoms with E-state index in [4.69, 9.17) is 67.8 Å². The molecule has 646 valence electrons. The number of phenolic OH excluding ortho intramolecular Hbond substituents is 3. The Morgan fingerprint density at radius 3 is 1.94 bits per heavy atom. The molecule has 22 N–H and O–H groups in total. The second-order valence-corrected chi connectivity index (χ2v) is 31.6. The Bertz CT molecular complexity index is 4800. The van der Waals surface area contributed by atoms with E-state index in [0.717, 1.165) is 104 Å². The molecule has 2 saturated heterocycles. The van der Waals surface area contributed by atoms with E-state index in [-0.39, 0.29) is 54.3 Å². The Labute approximate surface area is 697 Å². The van der Waals surface area contributed by atoms with Crippen LogP contribution < -0.4 is 72.9 Å². The Hall–Kier alpha value is -10.7. The second-order valence-electron chi connectivity index (χ2n) is 30.8. The first-order valence-electron chi connectivity index (χ1n) is 39.0. The van der Waals surface area contributed by atoms with Crippen LogP contribution >= 0.6 is 23.2 Å². The maximum Gasteiger partial charge on any atom is 0.330 e. The summed E-state index contributed by atoms with van der Waals surface area (Å²) < 4.78 is 45.1. The summed E-state index contributed by atoms with van der Waals surface area (Å²) in [4.78, 5) is 131. The van der Waals surface area contributed by atoms with E-state index in [1.54, 1.807) is 13.8 Å². The number of aliphatic hydroxyl groups is 6. The zero-order chi connectivity index (χ0) is 86.9. The predicted molar refractivity (Wildman–Crippen MR) is 425 cm³/mol. The fourth-order valence-corrected chi connectivity index (χ4v) is 15.3. The molecule has 8 amide bonds. The van der Waals surface area contributed by atoms with Gasteiger partial charge in [-0.15, -0.1) is 0 Å². The fourth-order valence-electron chi connectivity index (χ4n) is 14.8. The number of nitrogens with one attached hydrogen (secondary N) is 8. The first-order chi connectivity index (χ1) is 57.0. The summed E-state index contributed by atoms with van der Waals surface area (Å²) in [5, 5.41) is 136. The second kappa shape index (κ2) is 39.2. The van der Waals surface area contributed by atoms with Crippen LogP contribution in [0.15, 0.2) is 103 Å². The first-order valence-corrected chi connectivity index (χ1v) is 39.8. The number of fused-ring (bicyclic) bond motifs is 15. The van der Waals surface area contributed by atoms with Gasteiger partial charge in [0.25, 0.3) is 0 Å². The number of aliphatic hydroxyl groups excluding tert-OH is 6. The van der Waals surface area contributed by atoms with Crippen LogP contribution in [-0.4, -0.2) is 203 Å². The molecule has 11 bridgehead atoms. The summed E-state index contributed by atoms with van der Waals surface area (Å²) in [6.45, 7) is 8.24. The number of rotatable bonds is 25. The fraction of sp³-hybridized carbons (Fsp3) is 0.451. The summed E-state index contributed by atoms with van der Waals surface area (Å²) in [7, 11) is 0. The van der Waals surface area contributed by atoms with E-state index in [9.17, 15) is 79.8 Å². The number of benzene rings is 6. The molecular weight excluding hydrogens is 1610 g/mol. The lowest BCUT2D eigenvalue weighted by molar-refractivity contribution is -0.334. The molecule has 36 nitrogen and oxygen atoms in total. The molecule has 6 aromatic rings. The minimum atomic E-state index is -2.39. The Kier molecular flexibility index (Phi) is 29.4. The highest BCUT2D eigenvalue weighted by Gasteiger charge is 2.53. The van der Waals surface area contributed by atoms with Gasteiger partial charge in [0.1, 0.15) is 101 Å². The number of carbonyl (C=O) groups is 9. The van der Waals surface area contributed by atoms with E-state index < -0.39 is 248 Å². The molecule has 7 heterocycles. The molecule has 7 aliphatic heterocycles. The molecule has 3 unspecified atom stereocenters. The van der Waals surface area contributed by atoms with Crippen molar-refractivity contribution in [3.8, 4) is 62.9 Å². The van der Waals surface area contributed by atoms with Crippen molar-refractivity contribution >= 4 is 76.4 Å². The van der Waals surface area contributed by atoms with Crippen LogP contribution in [0.1, 0.15) is 156 Å². The third-order valence-electron chi connectivity index (χ3n) is 21.2. The van der Waals surface area contributed by atoms with E-state index in [2.05, 4.69) is 49.5 Å². The number of amides is 8. The maximum absolute atomic E-state index is 16.2. The van der Waals surface area contributed by atoms with Crippen molar-refractivity contribution in [3.63, 3.8) is 0 Å². The standard InChI is InChI=1S/C82H98Cl2N10O26/c1-6-7-8-9-10-11-22-114-44-17-12-38(13-18-44)33-87-34-59(100)94-82(5)32-60(115-37(4)73(82)105)119-72-70(104)69(103)57(35-95)118-81(72)120-71-55-27-42-28-56(71)117-54-21-16-41(26-48(54)84)68(102)66-79(111)91-64(80(112)113)46-29-43(96)30-52(98)61(46)45-24-39(14-19-51(45)97)62(76(108)93-66)90-77(109)63(42)89-75(107)50(31-58(86)99)88-78(110)65(92-74(106)49(85)23-36(2)3)67(101)40-15-20-53(116-55)47(83)25-40/h12-21,24-30,36-37,49-50,57,60,62-70,72-73,81,87,95-98,101-105H,6-11,22-23,31-35,85H2,1-5H3,(H2,86,99)(H,88,110)(H,89,107)(H,90,109)(H,91,111)(H,92,106)(H,93,108)(H,94,100)(H,112,113)/t37-,49-,50-,57+,60-,62?,63+,64-,65+,66-,67+,68+,69+,70-,72?,73+,81?,82-/m0/s1. The molecule has 7 aliphatic rings. The van der Waals surface area contributed by atoms with Crippen LogP contribution in [0.2, 0.25) is 10.0 Å². The monoisotopic (exact) mass is 1710 g/mol. The highest BCUT2D eigenvalue weighted by atomic mass is 35.5. The molecule has 2 fully saturated rings. The number of carboxylic acids is 1. The van der Waals surface area contributed by atoms with E-state index in [1.165, 1.54) is 32.8 Å². The smallest absolute Gasteiger partial charge is 0.330 e. The number of unbranched alkanes of at least 4 members (excludes halogenated alkanes) is 5. The van der Waals surface area contributed by atoms with Crippen molar-refractivity contribution in [2.75, 3.05) is 19.8 Å². The van der Waals surface area contributed by atoms with Crippen LogP contribution in [0.5, 0.6) is 51.7 Å². The van der Waals surface area contributed by atoms with Crippen LogP contribution in [0, 0.1) is 5.92 Å². The number of ether oxygens (including phenoxy) is 7. The number of aliphatic carboxylic acids is 1. The average molecular weight is 1710 g/mol. The summed E-state index contributed by atoms with van der Waals surface area (Å²) in [5.74, 6) is -16.5. The average Bonchev–Trinajstić information content (AvgIpc) is 0.763. The predicted octanol–water partition coefficient (Wildman–Crippen LogP) is 3.53. The lowest BCUT2D eigenvalue weighted by atomic mass is 9.85. The summed E-state index contributed by atoms with van der Waals surface area (Å²) in [5.41, 5.74) is 8.30. The van der Waals surface area contributed by atoms with Crippen LogP contribution in [0.25, 0.3) is 11.1 Å². The maximum atomic E-state index is 16.2. The number of carboxylic acid groups (broad SMARTS) is 1. The third-order valence-corrected chi connectivity index (χ3v) is 21.7. The van der Waals surface area contributed by atoms with Crippen molar-refractivity contribution in [3.05, 3.63) is 147 Å². The summed E-state index contributed by atoms with van der Waals surface area (Å²) >= 11 is 14.2. The highest BCUT2D eigenvalue weighted by molar-refractivity contribution is 6.32. The number of primary amides is 1. The first kappa shape index (κ1) is 90.1. The zero-order valence-corrected chi connectivity index (χ0v) is 67.3. The van der Waals surface area contributed by atoms with E-state index >= 15 is 14.4 Å². The zero-order valence-electron chi connectivity index (χ0n) is 65.8. The minimum Gasteiger partial charge on any atom is -0.508 e. The van der Waals surface area contributed by atoms with Crippen LogP contribution in [-0.2, 0) is 63.9 Å². The highest BCUT2D eigenvalue weighted by Crippen LogP contribution is 2.50.